The van der Waals surface area contributed by atoms with Crippen LogP contribution in [0.25, 0.3) is 0 Å². The number of hydrogen-bond donors (Lipinski definition) is 0. The first-order chi connectivity index (χ1) is 11.3. The quantitative estimate of drug-likeness (QED) is 0.870. The molecule has 0 spiro atoms. The summed E-state index contributed by atoms with van der Waals surface area (Å²) in [5.41, 5.74) is 1.91. The van der Waals surface area contributed by atoms with E-state index in [9.17, 15) is 4.79 Å². The van der Waals surface area contributed by atoms with Crippen LogP contribution in [0.3, 0.4) is 0 Å². The van der Waals surface area contributed by atoms with Gasteiger partial charge < -0.3 is 9.64 Å². The second kappa shape index (κ2) is 7.29. The van der Waals surface area contributed by atoms with Crippen LogP contribution >= 0.6 is 0 Å². The van der Waals surface area contributed by atoms with Crippen molar-refractivity contribution in [3.05, 3.63) is 65.7 Å². The van der Waals surface area contributed by atoms with Gasteiger partial charge in [0.25, 0.3) is 5.91 Å². The number of methoxy groups -OCH3 is 1. The van der Waals surface area contributed by atoms with Gasteiger partial charge in [0.15, 0.2) is 0 Å². The maximum atomic E-state index is 12.4. The first kappa shape index (κ1) is 15.6. The SMILES string of the molecule is COc1ccc(CN2CCN(C(=O)c3[c]cccc3)CC2)cc1. The van der Waals surface area contributed by atoms with Crippen molar-refractivity contribution in [2.45, 2.75) is 6.54 Å². The van der Waals surface area contributed by atoms with E-state index in [0.29, 0.717) is 5.56 Å². The van der Waals surface area contributed by atoms with E-state index in [1.807, 2.05) is 35.2 Å². The van der Waals surface area contributed by atoms with Crippen molar-refractivity contribution in [3.8, 4) is 5.75 Å². The number of rotatable bonds is 4. The van der Waals surface area contributed by atoms with Crippen LogP contribution < -0.4 is 4.74 Å². The van der Waals surface area contributed by atoms with Crippen molar-refractivity contribution >= 4 is 5.91 Å². The van der Waals surface area contributed by atoms with Crippen LogP contribution in [0.15, 0.2) is 48.5 Å². The molecule has 1 fully saturated rings. The highest BCUT2D eigenvalue weighted by molar-refractivity contribution is 5.93. The highest BCUT2D eigenvalue weighted by Gasteiger charge is 2.22. The van der Waals surface area contributed by atoms with E-state index in [1.165, 1.54) is 5.56 Å². The van der Waals surface area contributed by atoms with Crippen LogP contribution in [0.5, 0.6) is 5.75 Å². The monoisotopic (exact) mass is 309 g/mol. The lowest BCUT2D eigenvalue weighted by atomic mass is 10.1. The van der Waals surface area contributed by atoms with E-state index >= 15 is 0 Å². The summed E-state index contributed by atoms with van der Waals surface area (Å²) in [5, 5.41) is 0. The lowest BCUT2D eigenvalue weighted by Gasteiger charge is -2.34. The zero-order valence-electron chi connectivity index (χ0n) is 13.4. The largest absolute Gasteiger partial charge is 0.497 e. The van der Waals surface area contributed by atoms with Crippen LogP contribution in [0, 0.1) is 6.07 Å². The van der Waals surface area contributed by atoms with Gasteiger partial charge in [0.1, 0.15) is 5.75 Å². The molecule has 1 radical (unpaired) electrons. The van der Waals surface area contributed by atoms with Crippen LogP contribution in [-0.2, 0) is 6.54 Å². The lowest BCUT2D eigenvalue weighted by Crippen LogP contribution is -2.48. The lowest BCUT2D eigenvalue weighted by molar-refractivity contribution is 0.0628. The normalized spacial score (nSPS) is 15.4. The van der Waals surface area contributed by atoms with E-state index in [4.69, 9.17) is 4.74 Å². The first-order valence-electron chi connectivity index (χ1n) is 7.87. The summed E-state index contributed by atoms with van der Waals surface area (Å²) in [6.07, 6.45) is 0. The molecule has 0 aromatic heterocycles. The minimum atomic E-state index is 0.0784. The predicted molar refractivity (Wildman–Crippen MR) is 89.5 cm³/mol. The Labute approximate surface area is 137 Å². The number of hydrogen-bond acceptors (Lipinski definition) is 3. The number of nitrogens with zero attached hydrogens (tertiary/aromatic N) is 2. The molecule has 1 aliphatic rings. The summed E-state index contributed by atoms with van der Waals surface area (Å²) in [5.74, 6) is 0.956. The summed E-state index contributed by atoms with van der Waals surface area (Å²) in [6.45, 7) is 4.22. The van der Waals surface area contributed by atoms with Gasteiger partial charge in [-0.15, -0.1) is 0 Å². The molecule has 1 aliphatic heterocycles. The average molecular weight is 309 g/mol. The van der Waals surface area contributed by atoms with E-state index < -0.39 is 0 Å². The molecule has 0 N–H and O–H groups in total. The van der Waals surface area contributed by atoms with Crippen LogP contribution in [0.1, 0.15) is 15.9 Å². The zero-order chi connectivity index (χ0) is 16.1. The highest BCUT2D eigenvalue weighted by Crippen LogP contribution is 2.15. The number of amides is 1. The molecule has 0 aliphatic carbocycles. The van der Waals surface area contributed by atoms with Crippen LogP contribution in [0.2, 0.25) is 0 Å². The van der Waals surface area contributed by atoms with Crippen LogP contribution in [-0.4, -0.2) is 49.0 Å². The molecule has 1 heterocycles. The fourth-order valence-electron chi connectivity index (χ4n) is 2.79. The summed E-state index contributed by atoms with van der Waals surface area (Å²) in [6, 6.07) is 18.5. The van der Waals surface area contributed by atoms with Gasteiger partial charge in [-0.1, -0.05) is 30.3 Å². The smallest absolute Gasteiger partial charge is 0.254 e. The molecule has 2 aromatic carbocycles. The Morgan fingerprint density at radius 3 is 2.43 bits per heavy atom. The fourth-order valence-corrected chi connectivity index (χ4v) is 2.79. The number of ether oxygens (including phenoxy) is 1. The van der Waals surface area contributed by atoms with E-state index in [1.54, 1.807) is 13.2 Å². The molecule has 119 valence electrons. The van der Waals surface area contributed by atoms with E-state index in [0.717, 1.165) is 38.5 Å². The Morgan fingerprint density at radius 2 is 1.83 bits per heavy atom. The van der Waals surface area contributed by atoms with Gasteiger partial charge in [-0.2, -0.15) is 0 Å². The van der Waals surface area contributed by atoms with Gasteiger partial charge in [-0.25, -0.2) is 0 Å². The number of carbonyl (C=O) groups is 1. The van der Waals surface area contributed by atoms with Gasteiger partial charge in [0, 0.05) is 38.3 Å². The molecule has 0 unspecified atom stereocenters. The molecule has 0 saturated carbocycles. The Bertz CT molecular complexity index is 632. The number of carbonyl (C=O) groups excluding carboxylic acids is 1. The Morgan fingerprint density at radius 1 is 1.09 bits per heavy atom. The molecule has 3 rings (SSSR count). The average Bonchev–Trinajstić information content (AvgIpc) is 2.63. The van der Waals surface area contributed by atoms with Crippen molar-refractivity contribution in [1.29, 1.82) is 0 Å². The minimum absolute atomic E-state index is 0.0784. The number of piperazine rings is 1. The topological polar surface area (TPSA) is 32.8 Å². The predicted octanol–water partition coefficient (Wildman–Crippen LogP) is 2.45. The van der Waals surface area contributed by atoms with E-state index in [2.05, 4.69) is 23.1 Å². The van der Waals surface area contributed by atoms with Crippen molar-refractivity contribution < 1.29 is 9.53 Å². The molecular formula is C19H21N2O2. The van der Waals surface area contributed by atoms with Crippen LogP contribution in [0.4, 0.5) is 0 Å². The summed E-state index contributed by atoms with van der Waals surface area (Å²) in [4.78, 5) is 16.7. The van der Waals surface area contributed by atoms with Crippen molar-refractivity contribution in [2.75, 3.05) is 33.3 Å². The summed E-state index contributed by atoms with van der Waals surface area (Å²) >= 11 is 0. The maximum Gasteiger partial charge on any atom is 0.254 e. The minimum Gasteiger partial charge on any atom is -0.497 e. The van der Waals surface area contributed by atoms with Gasteiger partial charge in [-0.3, -0.25) is 9.69 Å². The molecule has 2 aromatic rings. The van der Waals surface area contributed by atoms with Gasteiger partial charge in [0.2, 0.25) is 0 Å². The maximum absolute atomic E-state index is 12.4. The van der Waals surface area contributed by atoms with Gasteiger partial charge >= 0.3 is 0 Å². The fraction of sp³-hybridized carbons (Fsp3) is 0.316. The van der Waals surface area contributed by atoms with Crippen molar-refractivity contribution in [2.24, 2.45) is 0 Å². The molecule has 0 atom stereocenters. The van der Waals surface area contributed by atoms with Crippen molar-refractivity contribution in [1.82, 2.24) is 9.80 Å². The molecular weight excluding hydrogens is 288 g/mol. The van der Waals surface area contributed by atoms with E-state index in [-0.39, 0.29) is 5.91 Å². The second-order valence-electron chi connectivity index (χ2n) is 5.69. The summed E-state index contributed by atoms with van der Waals surface area (Å²) < 4.78 is 5.18. The Hall–Kier alpha value is -2.33. The van der Waals surface area contributed by atoms with Gasteiger partial charge in [0.05, 0.1) is 7.11 Å². The van der Waals surface area contributed by atoms with Gasteiger partial charge in [-0.05, 0) is 29.8 Å². The third-order valence-electron chi connectivity index (χ3n) is 4.16. The molecule has 1 amide bonds. The highest BCUT2D eigenvalue weighted by atomic mass is 16.5. The molecule has 23 heavy (non-hydrogen) atoms. The second-order valence-corrected chi connectivity index (χ2v) is 5.69. The standard InChI is InChI=1S/C19H21N2O2/c1-23-18-9-7-16(8-10-18)15-20-11-13-21(14-12-20)19(22)17-5-3-2-4-6-17/h2-5,7-10H,11-15H2,1H3. The molecule has 4 nitrogen and oxygen atoms in total. The first-order valence-corrected chi connectivity index (χ1v) is 7.87. The third-order valence-corrected chi connectivity index (χ3v) is 4.16. The molecule has 0 bridgehead atoms. The number of benzene rings is 2. The van der Waals surface area contributed by atoms with Crippen molar-refractivity contribution in [3.63, 3.8) is 0 Å². The molecule has 1 saturated heterocycles. The Kier molecular flexibility index (Phi) is 4.93. The molecule has 4 heteroatoms. The Balaban J connectivity index is 1.53. The third kappa shape index (κ3) is 3.90. The summed E-state index contributed by atoms with van der Waals surface area (Å²) in [7, 11) is 1.68. The zero-order valence-corrected chi connectivity index (χ0v) is 13.4.